The van der Waals surface area contributed by atoms with Gasteiger partial charge >= 0.3 is 0 Å². The number of fused-ring (bicyclic) bond motifs is 2. The maximum atomic E-state index is 13.2. The summed E-state index contributed by atoms with van der Waals surface area (Å²) in [5.74, 6) is 2.61. The molecule has 172 valence electrons. The second kappa shape index (κ2) is 7.84. The van der Waals surface area contributed by atoms with Crippen LogP contribution in [-0.2, 0) is 4.74 Å². The summed E-state index contributed by atoms with van der Waals surface area (Å²) in [6, 6.07) is 5.57. The van der Waals surface area contributed by atoms with Gasteiger partial charge in [0.15, 0.2) is 0 Å². The van der Waals surface area contributed by atoms with Crippen molar-refractivity contribution in [2.24, 2.45) is 23.2 Å². The van der Waals surface area contributed by atoms with E-state index in [2.05, 4.69) is 10.6 Å². The van der Waals surface area contributed by atoms with Crippen molar-refractivity contribution in [1.29, 1.82) is 0 Å². The lowest BCUT2D eigenvalue weighted by Crippen LogP contribution is -2.59. The first-order valence-electron chi connectivity index (χ1n) is 12.5. The third-order valence-electron chi connectivity index (χ3n) is 8.78. The maximum Gasteiger partial charge on any atom is 0.254 e. The Hall–Kier alpha value is -1.92. The van der Waals surface area contributed by atoms with E-state index in [1.165, 1.54) is 38.5 Å². The highest BCUT2D eigenvalue weighted by Crippen LogP contribution is 2.59. The fourth-order valence-electron chi connectivity index (χ4n) is 7.77. The highest BCUT2D eigenvalue weighted by molar-refractivity contribution is 6.00. The Morgan fingerprint density at radius 1 is 1.06 bits per heavy atom. The molecule has 2 heterocycles. The Labute approximate surface area is 190 Å². The molecule has 2 unspecified atom stereocenters. The van der Waals surface area contributed by atoms with Gasteiger partial charge in [-0.15, -0.1) is 0 Å². The number of aryl methyl sites for hydroxylation is 1. The van der Waals surface area contributed by atoms with Crippen molar-refractivity contribution in [2.45, 2.75) is 57.7 Å². The van der Waals surface area contributed by atoms with Crippen LogP contribution >= 0.6 is 0 Å². The molecule has 1 aromatic rings. The zero-order valence-corrected chi connectivity index (χ0v) is 19.1. The molecule has 2 amide bonds. The van der Waals surface area contributed by atoms with Crippen molar-refractivity contribution < 1.29 is 14.3 Å². The number of hydrogen-bond donors (Lipinski definition) is 2. The quantitative estimate of drug-likeness (QED) is 0.760. The maximum absolute atomic E-state index is 13.2. The second-order valence-corrected chi connectivity index (χ2v) is 11.4. The van der Waals surface area contributed by atoms with Crippen LogP contribution in [0.25, 0.3) is 0 Å². The van der Waals surface area contributed by atoms with Crippen LogP contribution in [-0.4, -0.2) is 61.6 Å². The van der Waals surface area contributed by atoms with Crippen molar-refractivity contribution in [3.63, 3.8) is 0 Å². The fraction of sp³-hybridized carbons (Fsp3) is 0.692. The van der Waals surface area contributed by atoms with Gasteiger partial charge in [-0.05, 0) is 86.3 Å². The molecule has 32 heavy (non-hydrogen) atoms. The summed E-state index contributed by atoms with van der Waals surface area (Å²) in [7, 11) is 0. The highest BCUT2D eigenvalue weighted by atomic mass is 16.5. The number of benzene rings is 1. The van der Waals surface area contributed by atoms with Crippen molar-refractivity contribution in [1.82, 2.24) is 15.5 Å². The number of rotatable bonds is 4. The summed E-state index contributed by atoms with van der Waals surface area (Å²) in [6.07, 6.45) is 8.20. The van der Waals surface area contributed by atoms with Crippen LogP contribution in [0.1, 0.15) is 64.8 Å². The van der Waals surface area contributed by atoms with Gasteiger partial charge in [-0.1, -0.05) is 6.07 Å². The van der Waals surface area contributed by atoms with E-state index < -0.39 is 0 Å². The standard InChI is InChI=1S/C26H35N3O3/c1-16-2-3-20(25(31)29-13-21-11-27-12-22(14-29)32-21)7-23(16)24(30)28-15-26-8-17-4-18(9-26)6-19(5-17)10-26/h2-3,7,17-19,21-22,27H,4-6,8-15H2,1H3,(H,28,30). The van der Waals surface area contributed by atoms with Gasteiger partial charge in [0.1, 0.15) is 0 Å². The van der Waals surface area contributed by atoms with Crippen LogP contribution in [0.5, 0.6) is 0 Å². The molecule has 1 aromatic carbocycles. The molecule has 4 saturated carbocycles. The molecule has 0 radical (unpaired) electrons. The molecule has 0 aromatic heterocycles. The van der Waals surface area contributed by atoms with E-state index >= 15 is 0 Å². The Bertz CT molecular complexity index is 882. The average Bonchev–Trinajstić information content (AvgIpc) is 2.76. The molecule has 2 atom stereocenters. The van der Waals surface area contributed by atoms with Crippen molar-refractivity contribution >= 4 is 11.8 Å². The van der Waals surface area contributed by atoms with Gasteiger partial charge in [0, 0.05) is 43.9 Å². The molecule has 2 saturated heterocycles. The largest absolute Gasteiger partial charge is 0.369 e. The van der Waals surface area contributed by atoms with Crippen LogP contribution in [0, 0.1) is 30.1 Å². The van der Waals surface area contributed by atoms with Crippen LogP contribution in [0.4, 0.5) is 0 Å². The van der Waals surface area contributed by atoms with Crippen LogP contribution in [0.2, 0.25) is 0 Å². The smallest absolute Gasteiger partial charge is 0.254 e. The van der Waals surface area contributed by atoms with Gasteiger partial charge in [0.25, 0.3) is 11.8 Å². The number of ether oxygens (including phenoxy) is 1. The minimum absolute atomic E-state index is 0.000309. The Morgan fingerprint density at radius 3 is 2.31 bits per heavy atom. The molecule has 6 bridgehead atoms. The number of carbonyl (C=O) groups excluding carboxylic acids is 2. The van der Waals surface area contributed by atoms with E-state index in [0.717, 1.165) is 43.0 Å². The zero-order chi connectivity index (χ0) is 21.9. The predicted octanol–water partition coefficient (Wildman–Crippen LogP) is 2.75. The molecule has 2 aliphatic heterocycles. The molecule has 7 rings (SSSR count). The summed E-state index contributed by atoms with van der Waals surface area (Å²) in [5.41, 5.74) is 2.47. The molecule has 0 spiro atoms. The van der Waals surface area contributed by atoms with Crippen LogP contribution in [0.15, 0.2) is 18.2 Å². The minimum Gasteiger partial charge on any atom is -0.369 e. The molecule has 6 nitrogen and oxygen atoms in total. The van der Waals surface area contributed by atoms with Crippen molar-refractivity contribution in [3.05, 3.63) is 34.9 Å². The third kappa shape index (κ3) is 3.75. The minimum atomic E-state index is -0.0315. The Kier molecular flexibility index (Phi) is 5.06. The third-order valence-corrected chi connectivity index (χ3v) is 8.78. The molecule has 4 aliphatic carbocycles. The van der Waals surface area contributed by atoms with Crippen LogP contribution < -0.4 is 10.6 Å². The fourth-order valence-corrected chi connectivity index (χ4v) is 7.77. The van der Waals surface area contributed by atoms with E-state index in [1.807, 2.05) is 24.0 Å². The summed E-state index contributed by atoms with van der Waals surface area (Å²) in [5, 5.41) is 6.65. The molecule has 6 fully saturated rings. The molecule has 2 N–H and O–H groups in total. The lowest BCUT2D eigenvalue weighted by molar-refractivity contribution is -0.0930. The Balaban J connectivity index is 1.15. The lowest BCUT2D eigenvalue weighted by atomic mass is 9.49. The highest BCUT2D eigenvalue weighted by Gasteiger charge is 2.50. The van der Waals surface area contributed by atoms with Gasteiger partial charge in [-0.25, -0.2) is 0 Å². The second-order valence-electron chi connectivity index (χ2n) is 11.4. The van der Waals surface area contributed by atoms with Gasteiger partial charge < -0.3 is 20.3 Å². The van der Waals surface area contributed by atoms with Crippen LogP contribution in [0.3, 0.4) is 0 Å². The number of nitrogens with one attached hydrogen (secondary N) is 2. The first kappa shape index (κ1) is 20.7. The summed E-state index contributed by atoms with van der Waals surface area (Å²) >= 11 is 0. The number of carbonyl (C=O) groups is 2. The van der Waals surface area contributed by atoms with Gasteiger partial charge in [-0.2, -0.15) is 0 Å². The van der Waals surface area contributed by atoms with E-state index in [-0.39, 0.29) is 24.0 Å². The molecule has 6 heteroatoms. The summed E-state index contributed by atoms with van der Waals surface area (Å²) < 4.78 is 5.93. The van der Waals surface area contributed by atoms with Gasteiger partial charge in [-0.3, -0.25) is 9.59 Å². The average molecular weight is 438 g/mol. The summed E-state index contributed by atoms with van der Waals surface area (Å²) in [4.78, 5) is 28.3. The lowest BCUT2D eigenvalue weighted by Gasteiger charge is -2.56. The van der Waals surface area contributed by atoms with Crippen molar-refractivity contribution in [2.75, 3.05) is 32.7 Å². The zero-order valence-electron chi connectivity index (χ0n) is 19.1. The van der Waals surface area contributed by atoms with Gasteiger partial charge in [0.05, 0.1) is 12.2 Å². The van der Waals surface area contributed by atoms with E-state index in [9.17, 15) is 9.59 Å². The monoisotopic (exact) mass is 437 g/mol. The van der Waals surface area contributed by atoms with E-state index in [0.29, 0.717) is 29.6 Å². The topological polar surface area (TPSA) is 70.7 Å². The molecular formula is C26H35N3O3. The van der Waals surface area contributed by atoms with Gasteiger partial charge in [0.2, 0.25) is 0 Å². The summed E-state index contributed by atoms with van der Waals surface area (Å²) in [6.45, 7) is 5.51. The number of morpholine rings is 2. The van der Waals surface area contributed by atoms with E-state index in [4.69, 9.17) is 4.74 Å². The van der Waals surface area contributed by atoms with E-state index in [1.54, 1.807) is 6.07 Å². The Morgan fingerprint density at radius 2 is 1.69 bits per heavy atom. The number of nitrogens with zero attached hydrogens (tertiary/aromatic N) is 1. The first-order valence-corrected chi connectivity index (χ1v) is 12.5. The molecular weight excluding hydrogens is 402 g/mol. The number of amides is 2. The van der Waals surface area contributed by atoms with Crippen molar-refractivity contribution in [3.8, 4) is 0 Å². The SMILES string of the molecule is Cc1ccc(C(=O)N2CC3CNCC(C2)O3)cc1C(=O)NCC12CC3CC(CC(C3)C1)C2. The normalized spacial score (nSPS) is 37.4. The molecule has 6 aliphatic rings. The number of hydrogen-bond acceptors (Lipinski definition) is 4. The first-order chi connectivity index (χ1) is 15.5. The predicted molar refractivity (Wildman–Crippen MR) is 122 cm³/mol.